The van der Waals surface area contributed by atoms with Gasteiger partial charge in [-0.25, -0.2) is 0 Å². The van der Waals surface area contributed by atoms with Gasteiger partial charge in [-0.2, -0.15) is 4.98 Å². The average molecular weight is 355 g/mol. The van der Waals surface area contributed by atoms with E-state index in [-0.39, 0.29) is 17.5 Å². The first-order chi connectivity index (χ1) is 11.5. The van der Waals surface area contributed by atoms with Crippen molar-refractivity contribution in [3.63, 3.8) is 0 Å². The number of nitrogens with two attached hydrogens (primary N) is 1. The van der Waals surface area contributed by atoms with Crippen LogP contribution in [0.25, 0.3) is 0 Å². The van der Waals surface area contributed by atoms with Crippen LogP contribution in [0.5, 0.6) is 5.75 Å². The molecule has 8 nitrogen and oxygen atoms in total. The molecule has 0 atom stereocenters. The number of aromatic nitrogens is 2. The maximum atomic E-state index is 12.6. The summed E-state index contributed by atoms with van der Waals surface area (Å²) in [4.78, 5) is 18.2. The number of amides is 1. The highest BCUT2D eigenvalue weighted by atomic mass is 35.5. The van der Waals surface area contributed by atoms with Crippen LogP contribution in [0.4, 0.5) is 5.69 Å². The number of nitrogens with zero attached hydrogens (tertiary/aromatic N) is 3. The molecular weight excluding hydrogens is 336 g/mol. The van der Waals surface area contributed by atoms with Crippen LogP contribution >= 0.6 is 11.6 Å². The van der Waals surface area contributed by atoms with Gasteiger partial charge in [-0.15, -0.1) is 0 Å². The van der Waals surface area contributed by atoms with Crippen LogP contribution in [-0.4, -0.2) is 48.8 Å². The number of anilines is 1. The molecule has 24 heavy (non-hydrogen) atoms. The highest BCUT2D eigenvalue weighted by molar-refractivity contribution is 6.33. The Labute approximate surface area is 144 Å². The van der Waals surface area contributed by atoms with Gasteiger partial charge in [-0.05, 0) is 6.07 Å². The molecule has 1 amide bonds. The number of benzene rings is 1. The van der Waals surface area contributed by atoms with Gasteiger partial charge in [0, 0.05) is 26.6 Å². The van der Waals surface area contributed by atoms with Crippen LogP contribution in [0.3, 0.4) is 0 Å². The molecule has 2 N–H and O–H groups in total. The third-order valence-electron chi connectivity index (χ3n) is 3.31. The molecule has 0 radical (unpaired) electrons. The van der Waals surface area contributed by atoms with Gasteiger partial charge in [0.1, 0.15) is 5.75 Å². The van der Waals surface area contributed by atoms with Crippen molar-refractivity contribution in [1.82, 2.24) is 15.0 Å². The lowest BCUT2D eigenvalue weighted by Gasteiger charge is -2.17. The second kappa shape index (κ2) is 7.98. The fourth-order valence-electron chi connectivity index (χ4n) is 2.03. The molecule has 130 valence electrons. The molecule has 2 aromatic rings. The van der Waals surface area contributed by atoms with Gasteiger partial charge in [0.05, 0.1) is 36.5 Å². The summed E-state index contributed by atoms with van der Waals surface area (Å²) in [6, 6.07) is 2.99. The molecule has 1 aromatic carbocycles. The predicted octanol–water partition coefficient (Wildman–Crippen LogP) is 1.77. The van der Waals surface area contributed by atoms with Crippen molar-refractivity contribution in [2.75, 3.05) is 33.6 Å². The summed E-state index contributed by atoms with van der Waals surface area (Å²) in [6.07, 6.45) is 0.541. The number of hydrogen-bond acceptors (Lipinski definition) is 7. The van der Waals surface area contributed by atoms with Gasteiger partial charge < -0.3 is 24.6 Å². The van der Waals surface area contributed by atoms with Crippen LogP contribution in [0.15, 0.2) is 16.7 Å². The first-order valence-corrected chi connectivity index (χ1v) is 7.53. The Morgan fingerprint density at radius 2 is 2.17 bits per heavy atom. The van der Waals surface area contributed by atoms with Gasteiger partial charge in [0.2, 0.25) is 5.89 Å². The van der Waals surface area contributed by atoms with Crippen molar-refractivity contribution in [3.05, 3.63) is 34.4 Å². The van der Waals surface area contributed by atoms with E-state index in [1.54, 1.807) is 14.2 Å². The summed E-state index contributed by atoms with van der Waals surface area (Å²) in [5.41, 5.74) is 6.37. The lowest BCUT2D eigenvalue weighted by atomic mass is 10.1. The summed E-state index contributed by atoms with van der Waals surface area (Å²) in [5, 5.41) is 4.12. The number of nitrogen functional groups attached to an aromatic ring is 1. The van der Waals surface area contributed by atoms with Crippen LogP contribution in [0.2, 0.25) is 5.02 Å². The molecule has 0 unspecified atom stereocenters. The Bertz CT molecular complexity index is 719. The molecular formula is C15H19ClN4O4. The fraction of sp³-hybridized carbons (Fsp3) is 0.400. The Hall–Kier alpha value is -2.32. The van der Waals surface area contributed by atoms with Gasteiger partial charge in [0.15, 0.2) is 5.82 Å². The molecule has 2 rings (SSSR count). The number of methoxy groups -OCH3 is 2. The molecule has 0 spiro atoms. The summed E-state index contributed by atoms with van der Waals surface area (Å²) in [7, 11) is 4.67. The lowest BCUT2D eigenvalue weighted by molar-refractivity contribution is 0.0766. The summed E-state index contributed by atoms with van der Waals surface area (Å²) in [6.45, 7) is 0.652. The lowest BCUT2D eigenvalue weighted by Crippen LogP contribution is -2.27. The maximum Gasteiger partial charge on any atom is 0.257 e. The zero-order chi connectivity index (χ0) is 17.7. The number of ether oxygens (including phenoxy) is 2. The third-order valence-corrected chi connectivity index (χ3v) is 3.64. The van der Waals surface area contributed by atoms with E-state index in [0.717, 1.165) is 0 Å². The Kier molecular flexibility index (Phi) is 5.99. The van der Waals surface area contributed by atoms with Crippen molar-refractivity contribution < 1.29 is 18.8 Å². The minimum atomic E-state index is -0.301. The average Bonchev–Trinajstić information content (AvgIpc) is 3.01. The molecule has 9 heteroatoms. The van der Waals surface area contributed by atoms with Crippen molar-refractivity contribution >= 4 is 23.2 Å². The zero-order valence-electron chi connectivity index (χ0n) is 13.7. The fourth-order valence-corrected chi connectivity index (χ4v) is 2.20. The SMILES string of the molecule is COCCc1noc(CN(C)C(=O)c2cc(Cl)c(N)cc2OC)n1. The largest absolute Gasteiger partial charge is 0.496 e. The molecule has 0 aliphatic carbocycles. The van der Waals surface area contributed by atoms with Crippen LogP contribution in [0, 0.1) is 0 Å². The van der Waals surface area contributed by atoms with E-state index in [2.05, 4.69) is 10.1 Å². The van der Waals surface area contributed by atoms with Crippen molar-refractivity contribution in [1.29, 1.82) is 0 Å². The second-order valence-electron chi connectivity index (χ2n) is 5.08. The first-order valence-electron chi connectivity index (χ1n) is 7.15. The zero-order valence-corrected chi connectivity index (χ0v) is 14.5. The Balaban J connectivity index is 2.12. The minimum Gasteiger partial charge on any atom is -0.496 e. The number of carbonyl (C=O) groups is 1. The van der Waals surface area contributed by atoms with Crippen molar-refractivity contribution in [2.45, 2.75) is 13.0 Å². The van der Waals surface area contributed by atoms with E-state index in [1.807, 2.05) is 0 Å². The molecule has 0 aliphatic heterocycles. The van der Waals surface area contributed by atoms with E-state index in [9.17, 15) is 4.79 Å². The van der Waals surface area contributed by atoms with E-state index in [1.165, 1.54) is 24.1 Å². The van der Waals surface area contributed by atoms with E-state index in [4.69, 9.17) is 31.3 Å². The minimum absolute atomic E-state index is 0.157. The van der Waals surface area contributed by atoms with Crippen LogP contribution in [0.1, 0.15) is 22.1 Å². The van der Waals surface area contributed by atoms with Crippen molar-refractivity contribution in [2.24, 2.45) is 0 Å². The number of hydrogen-bond donors (Lipinski definition) is 1. The van der Waals surface area contributed by atoms with Gasteiger partial charge >= 0.3 is 0 Å². The molecule has 1 heterocycles. The van der Waals surface area contributed by atoms with Crippen molar-refractivity contribution in [3.8, 4) is 5.75 Å². The van der Waals surface area contributed by atoms with Gasteiger partial charge in [-0.1, -0.05) is 16.8 Å². The molecule has 0 fully saturated rings. The topological polar surface area (TPSA) is 104 Å². The van der Waals surface area contributed by atoms with Gasteiger partial charge in [-0.3, -0.25) is 4.79 Å². The Morgan fingerprint density at radius 1 is 1.42 bits per heavy atom. The monoisotopic (exact) mass is 354 g/mol. The van der Waals surface area contributed by atoms with Crippen LogP contribution in [-0.2, 0) is 17.7 Å². The molecule has 1 aromatic heterocycles. The predicted molar refractivity (Wildman–Crippen MR) is 88.1 cm³/mol. The first kappa shape index (κ1) is 18.0. The highest BCUT2D eigenvalue weighted by Gasteiger charge is 2.20. The summed E-state index contributed by atoms with van der Waals surface area (Å²) < 4.78 is 15.3. The van der Waals surface area contributed by atoms with Crippen LogP contribution < -0.4 is 10.5 Å². The van der Waals surface area contributed by atoms with E-state index < -0.39 is 0 Å². The summed E-state index contributed by atoms with van der Waals surface area (Å²) in [5.74, 6) is 0.906. The Morgan fingerprint density at radius 3 is 2.83 bits per heavy atom. The third kappa shape index (κ3) is 4.15. The number of carbonyl (C=O) groups excluding carboxylic acids is 1. The standard InChI is InChI=1S/C15H19ClN4O4/c1-20(8-14-18-13(19-24-14)4-5-22-2)15(21)9-6-10(16)11(17)7-12(9)23-3/h6-7H,4-5,8,17H2,1-3H3. The quantitative estimate of drug-likeness (QED) is 0.755. The smallest absolute Gasteiger partial charge is 0.257 e. The van der Waals surface area contributed by atoms with E-state index in [0.29, 0.717) is 41.7 Å². The van der Waals surface area contributed by atoms with Gasteiger partial charge in [0.25, 0.3) is 5.91 Å². The molecule has 0 aliphatic rings. The normalized spacial score (nSPS) is 10.7. The number of halogens is 1. The second-order valence-corrected chi connectivity index (χ2v) is 5.49. The molecule has 0 bridgehead atoms. The maximum absolute atomic E-state index is 12.6. The highest BCUT2D eigenvalue weighted by Crippen LogP contribution is 2.29. The van der Waals surface area contributed by atoms with E-state index >= 15 is 0 Å². The molecule has 0 saturated carbocycles. The molecule has 0 saturated heterocycles. The number of rotatable bonds is 7. The summed E-state index contributed by atoms with van der Waals surface area (Å²) >= 11 is 6.00.